The minimum absolute atomic E-state index is 0.200. The van der Waals surface area contributed by atoms with Crippen LogP contribution in [0.15, 0.2) is 54.7 Å². The number of benzene rings is 2. The quantitative estimate of drug-likeness (QED) is 0.358. The van der Waals surface area contributed by atoms with Crippen molar-refractivity contribution in [3.63, 3.8) is 0 Å². The number of aromatic amines is 1. The van der Waals surface area contributed by atoms with E-state index in [1.54, 1.807) is 35.9 Å². The summed E-state index contributed by atoms with van der Waals surface area (Å²) in [6, 6.07) is 12.2. The summed E-state index contributed by atoms with van der Waals surface area (Å²) in [5, 5.41) is 14.5. The maximum Gasteiger partial charge on any atom is 0.410 e. The molecule has 34 heavy (non-hydrogen) atoms. The van der Waals surface area contributed by atoms with Crippen molar-refractivity contribution in [3.8, 4) is 22.8 Å². The summed E-state index contributed by atoms with van der Waals surface area (Å²) >= 11 is 5.45. The third-order valence-corrected chi connectivity index (χ3v) is 6.30. The van der Waals surface area contributed by atoms with Crippen LogP contribution >= 0.6 is 12.2 Å². The first-order chi connectivity index (χ1) is 16.3. The van der Waals surface area contributed by atoms with Crippen LogP contribution in [0.5, 0.6) is 5.75 Å². The van der Waals surface area contributed by atoms with Crippen LogP contribution in [0.4, 0.5) is 19.0 Å². The molecule has 7 nitrogen and oxygen atoms in total. The average Bonchev–Trinajstić information content (AvgIpc) is 3.41. The van der Waals surface area contributed by atoms with Gasteiger partial charge in [-0.05, 0) is 48.5 Å². The van der Waals surface area contributed by atoms with Crippen molar-refractivity contribution in [2.75, 3.05) is 12.4 Å². The van der Waals surface area contributed by atoms with Gasteiger partial charge < -0.3 is 10.1 Å². The Kier molecular flexibility index (Phi) is 5.43. The Hall–Kier alpha value is -3.60. The molecule has 1 aliphatic rings. The second kappa shape index (κ2) is 8.32. The molecule has 0 radical (unpaired) electrons. The van der Waals surface area contributed by atoms with E-state index in [1.165, 1.54) is 6.20 Å². The van der Waals surface area contributed by atoms with E-state index in [0.717, 1.165) is 15.9 Å². The first-order valence-electron chi connectivity index (χ1n) is 10.6. The summed E-state index contributed by atoms with van der Waals surface area (Å²) in [7, 11) is 1.54. The monoisotopic (exact) mass is 486 g/mol. The van der Waals surface area contributed by atoms with Gasteiger partial charge in [-0.3, -0.25) is 9.67 Å². The molecule has 0 fully saturated rings. The third-order valence-electron chi connectivity index (χ3n) is 6.03. The van der Waals surface area contributed by atoms with Crippen LogP contribution in [-0.4, -0.2) is 37.8 Å². The summed E-state index contributed by atoms with van der Waals surface area (Å²) in [6.45, 7) is 1.93. The van der Waals surface area contributed by atoms with Crippen LogP contribution in [0, 0.1) is 11.7 Å². The largest absolute Gasteiger partial charge is 0.497 e. The maximum atomic E-state index is 14.1. The van der Waals surface area contributed by atoms with Crippen LogP contribution in [0.25, 0.3) is 17.1 Å². The number of para-hydroxylation sites is 1. The summed E-state index contributed by atoms with van der Waals surface area (Å²) in [4.78, 5) is 0. The molecular weight excluding hydrogens is 465 g/mol. The second-order valence-electron chi connectivity index (χ2n) is 8.09. The molecule has 0 spiro atoms. The van der Waals surface area contributed by atoms with Crippen LogP contribution in [-0.2, 0) is 0 Å². The fraction of sp³-hybridized carbons (Fsp3) is 0.261. The van der Waals surface area contributed by atoms with Gasteiger partial charge in [-0.15, -0.1) is 0 Å². The van der Waals surface area contributed by atoms with Crippen LogP contribution in [0.3, 0.4) is 0 Å². The van der Waals surface area contributed by atoms with Gasteiger partial charge in [0.2, 0.25) is 0 Å². The third kappa shape index (κ3) is 3.75. The van der Waals surface area contributed by atoms with E-state index in [0.29, 0.717) is 27.5 Å². The molecule has 0 saturated carbocycles. The number of anilines is 1. The molecular formula is C23H21F3N6OS. The zero-order chi connectivity index (χ0) is 24.0. The van der Waals surface area contributed by atoms with Crippen molar-refractivity contribution in [2.45, 2.75) is 31.6 Å². The first kappa shape index (κ1) is 22.2. The molecule has 3 heterocycles. The zero-order valence-corrected chi connectivity index (χ0v) is 19.1. The molecule has 0 saturated heterocycles. The van der Waals surface area contributed by atoms with Gasteiger partial charge in [0.15, 0.2) is 16.6 Å². The molecule has 1 aliphatic heterocycles. The normalized spacial score (nSPS) is 17.8. The molecule has 0 unspecified atom stereocenters. The number of methoxy groups -OCH3 is 1. The molecule has 176 valence electrons. The minimum Gasteiger partial charge on any atom is -0.497 e. The van der Waals surface area contributed by atoms with Gasteiger partial charge in [0.25, 0.3) is 0 Å². The molecule has 0 bridgehead atoms. The van der Waals surface area contributed by atoms with E-state index < -0.39 is 18.3 Å². The maximum absolute atomic E-state index is 14.1. The Labute approximate surface area is 198 Å². The van der Waals surface area contributed by atoms with E-state index in [-0.39, 0.29) is 12.2 Å². The lowest BCUT2D eigenvalue weighted by Crippen LogP contribution is -2.35. The van der Waals surface area contributed by atoms with Crippen molar-refractivity contribution in [1.29, 1.82) is 0 Å². The van der Waals surface area contributed by atoms with Crippen molar-refractivity contribution >= 4 is 18.0 Å². The molecule has 2 aromatic carbocycles. The number of hydrogen-bond donors (Lipinski definition) is 2. The Morgan fingerprint density at radius 2 is 1.85 bits per heavy atom. The SMILES string of the molecule is COc1ccc([C@@H]2C[C@H](C(F)(F)F)n3ncc(-c4n[nH]c(=S)n4-c4ccccc4C)c3N2)cc1. The number of halogens is 3. The smallest absolute Gasteiger partial charge is 0.410 e. The molecule has 5 rings (SSSR count). The Bertz CT molecular complexity index is 1390. The Balaban J connectivity index is 1.64. The van der Waals surface area contributed by atoms with Gasteiger partial charge in [-0.25, -0.2) is 4.68 Å². The number of H-pyrrole nitrogens is 1. The Morgan fingerprint density at radius 1 is 1.12 bits per heavy atom. The predicted octanol–water partition coefficient (Wildman–Crippen LogP) is 5.77. The van der Waals surface area contributed by atoms with Gasteiger partial charge in [0.1, 0.15) is 11.6 Å². The molecule has 0 amide bonds. The number of nitrogens with zero attached hydrogens (tertiary/aromatic N) is 4. The standard InChI is InChI=1S/C23H21F3N6OS/c1-13-5-3-4-6-18(13)31-21(29-30-22(31)34)16-12-27-32-19(23(24,25)26)11-17(28-20(16)32)14-7-9-15(33-2)10-8-14/h3-10,12,17,19,28H,11H2,1-2H3,(H,30,34)/t17-,19+/m0/s1. The zero-order valence-electron chi connectivity index (χ0n) is 18.3. The lowest BCUT2D eigenvalue weighted by Gasteiger charge is -2.34. The van der Waals surface area contributed by atoms with Crippen molar-refractivity contribution in [2.24, 2.45) is 0 Å². The van der Waals surface area contributed by atoms with Gasteiger partial charge in [0, 0.05) is 6.42 Å². The molecule has 2 N–H and O–H groups in total. The fourth-order valence-corrected chi connectivity index (χ4v) is 4.53. The minimum atomic E-state index is -4.48. The number of aromatic nitrogens is 5. The number of hydrogen-bond acceptors (Lipinski definition) is 5. The number of rotatable bonds is 4. The van der Waals surface area contributed by atoms with Gasteiger partial charge in [0.05, 0.1) is 30.6 Å². The average molecular weight is 487 g/mol. The molecule has 2 aromatic heterocycles. The number of alkyl halides is 3. The highest BCUT2D eigenvalue weighted by Crippen LogP contribution is 2.46. The Morgan fingerprint density at radius 3 is 2.53 bits per heavy atom. The van der Waals surface area contributed by atoms with Gasteiger partial charge in [-0.1, -0.05) is 30.3 Å². The number of aryl methyl sites for hydroxylation is 1. The number of fused-ring (bicyclic) bond motifs is 1. The second-order valence-corrected chi connectivity index (χ2v) is 8.48. The van der Waals surface area contributed by atoms with Crippen LogP contribution in [0.2, 0.25) is 0 Å². The van der Waals surface area contributed by atoms with E-state index in [2.05, 4.69) is 20.6 Å². The lowest BCUT2D eigenvalue weighted by molar-refractivity contribution is -0.173. The fourth-order valence-electron chi connectivity index (χ4n) is 4.30. The van der Waals surface area contributed by atoms with E-state index in [9.17, 15) is 13.2 Å². The number of ether oxygens (including phenoxy) is 1. The van der Waals surface area contributed by atoms with E-state index >= 15 is 0 Å². The highest BCUT2D eigenvalue weighted by atomic mass is 32.1. The molecule has 11 heteroatoms. The summed E-state index contributed by atoms with van der Waals surface area (Å²) < 4.78 is 50.5. The van der Waals surface area contributed by atoms with Gasteiger partial charge >= 0.3 is 6.18 Å². The van der Waals surface area contributed by atoms with E-state index in [4.69, 9.17) is 17.0 Å². The lowest BCUT2D eigenvalue weighted by atomic mass is 9.96. The van der Waals surface area contributed by atoms with Crippen LogP contribution < -0.4 is 10.1 Å². The van der Waals surface area contributed by atoms with Crippen molar-refractivity contribution in [1.82, 2.24) is 24.5 Å². The number of nitrogens with one attached hydrogen (secondary N) is 2. The van der Waals surface area contributed by atoms with E-state index in [1.807, 2.05) is 31.2 Å². The predicted molar refractivity (Wildman–Crippen MR) is 124 cm³/mol. The first-order valence-corrected chi connectivity index (χ1v) is 11.0. The summed E-state index contributed by atoms with van der Waals surface area (Å²) in [5.41, 5.74) is 2.86. The molecule has 2 atom stereocenters. The van der Waals surface area contributed by atoms with Gasteiger partial charge in [-0.2, -0.15) is 23.4 Å². The van der Waals surface area contributed by atoms with Crippen LogP contribution in [0.1, 0.15) is 29.6 Å². The highest BCUT2D eigenvalue weighted by Gasteiger charge is 2.47. The summed E-state index contributed by atoms with van der Waals surface area (Å²) in [5.74, 6) is 1.24. The summed E-state index contributed by atoms with van der Waals surface area (Å²) in [6.07, 6.45) is -3.28. The highest BCUT2D eigenvalue weighted by molar-refractivity contribution is 7.71. The molecule has 0 aliphatic carbocycles. The van der Waals surface area contributed by atoms with Crippen molar-refractivity contribution < 1.29 is 17.9 Å². The van der Waals surface area contributed by atoms with Crippen molar-refractivity contribution in [3.05, 3.63) is 70.6 Å². The molecule has 4 aromatic rings. The topological polar surface area (TPSA) is 72.7 Å².